The first-order chi connectivity index (χ1) is 14.0. The molecule has 0 saturated carbocycles. The largest absolute Gasteiger partial charge is 0.380 e. The average molecular weight is 439 g/mol. The van der Waals surface area contributed by atoms with Crippen LogP contribution >= 0.6 is 0 Å². The minimum absolute atomic E-state index is 0.0195. The molecule has 7 heteroatoms. The summed E-state index contributed by atoms with van der Waals surface area (Å²) >= 11 is 0. The molecule has 0 fully saturated rings. The van der Waals surface area contributed by atoms with E-state index in [1.165, 1.54) is 57.8 Å². The first kappa shape index (κ1) is 28.8. The molecule has 0 spiro atoms. The van der Waals surface area contributed by atoms with Crippen LogP contribution in [0.15, 0.2) is 0 Å². The first-order valence-electron chi connectivity index (χ1n) is 11.7. The average Bonchev–Trinajstić information content (AvgIpc) is 2.68. The maximum Gasteiger partial charge on any atom is 0.270 e. The molecule has 1 atom stereocenters. The van der Waals surface area contributed by atoms with Crippen LogP contribution in [-0.2, 0) is 24.3 Å². The van der Waals surface area contributed by atoms with Crippen molar-refractivity contribution in [2.24, 2.45) is 0 Å². The van der Waals surface area contributed by atoms with Gasteiger partial charge in [0.1, 0.15) is 5.25 Å². The summed E-state index contributed by atoms with van der Waals surface area (Å²) in [6.45, 7) is 6.92. The number of rotatable bonds is 23. The highest BCUT2D eigenvalue weighted by atomic mass is 32.2. The van der Waals surface area contributed by atoms with E-state index in [0.29, 0.717) is 19.8 Å². The van der Waals surface area contributed by atoms with Crippen LogP contribution in [-0.4, -0.2) is 57.9 Å². The van der Waals surface area contributed by atoms with E-state index in [1.807, 2.05) is 0 Å². The maximum absolute atomic E-state index is 11.5. The molecule has 0 bridgehead atoms. The van der Waals surface area contributed by atoms with Gasteiger partial charge < -0.3 is 14.2 Å². The van der Waals surface area contributed by atoms with E-state index in [-0.39, 0.29) is 19.6 Å². The fraction of sp³-hybridized carbons (Fsp3) is 1.00. The Morgan fingerprint density at radius 3 is 1.59 bits per heavy atom. The molecule has 0 rings (SSSR count). The van der Waals surface area contributed by atoms with E-state index < -0.39 is 15.4 Å². The van der Waals surface area contributed by atoms with Gasteiger partial charge in [0.15, 0.2) is 0 Å². The summed E-state index contributed by atoms with van der Waals surface area (Å²) in [4.78, 5) is 0. The van der Waals surface area contributed by atoms with Gasteiger partial charge in [-0.25, -0.2) is 0 Å². The monoisotopic (exact) mass is 438 g/mol. The molecule has 6 nitrogen and oxygen atoms in total. The Kier molecular flexibility index (Phi) is 20.9. The zero-order valence-electron chi connectivity index (χ0n) is 18.9. The summed E-state index contributed by atoms with van der Waals surface area (Å²) < 4.78 is 48.8. The molecule has 0 aliphatic carbocycles. The zero-order chi connectivity index (χ0) is 21.6. The Balaban J connectivity index is 3.61. The van der Waals surface area contributed by atoms with Gasteiger partial charge in [-0.3, -0.25) is 4.55 Å². The second kappa shape index (κ2) is 21.0. The van der Waals surface area contributed by atoms with Crippen LogP contribution in [0.5, 0.6) is 0 Å². The van der Waals surface area contributed by atoms with Crippen LogP contribution in [0, 0.1) is 0 Å². The van der Waals surface area contributed by atoms with Gasteiger partial charge in [-0.05, 0) is 19.3 Å². The van der Waals surface area contributed by atoms with Crippen molar-refractivity contribution in [1.29, 1.82) is 0 Å². The van der Waals surface area contributed by atoms with Crippen LogP contribution in [0.25, 0.3) is 0 Å². The smallest absolute Gasteiger partial charge is 0.270 e. The van der Waals surface area contributed by atoms with Crippen LogP contribution in [0.4, 0.5) is 0 Å². The van der Waals surface area contributed by atoms with Crippen molar-refractivity contribution in [1.82, 2.24) is 0 Å². The van der Waals surface area contributed by atoms with Crippen LogP contribution in [0.1, 0.15) is 97.3 Å². The molecule has 0 heterocycles. The Morgan fingerprint density at radius 2 is 1.07 bits per heavy atom. The third kappa shape index (κ3) is 20.8. The summed E-state index contributed by atoms with van der Waals surface area (Å²) in [5.41, 5.74) is 0. The van der Waals surface area contributed by atoms with Gasteiger partial charge >= 0.3 is 0 Å². The molecule has 0 aromatic rings. The molecule has 29 heavy (non-hydrogen) atoms. The Morgan fingerprint density at radius 1 is 0.621 bits per heavy atom. The van der Waals surface area contributed by atoms with E-state index in [2.05, 4.69) is 13.8 Å². The lowest BCUT2D eigenvalue weighted by atomic mass is 10.1. The highest BCUT2D eigenvalue weighted by Gasteiger charge is 2.23. The molecular weight excluding hydrogens is 392 g/mol. The van der Waals surface area contributed by atoms with Crippen molar-refractivity contribution in [3.63, 3.8) is 0 Å². The molecule has 1 N–H and O–H groups in total. The van der Waals surface area contributed by atoms with Gasteiger partial charge in [-0.2, -0.15) is 8.42 Å². The number of hydrogen-bond acceptors (Lipinski definition) is 5. The Labute approximate surface area is 179 Å². The van der Waals surface area contributed by atoms with Gasteiger partial charge in [0.05, 0.1) is 19.8 Å². The van der Waals surface area contributed by atoms with E-state index in [1.54, 1.807) is 0 Å². The molecule has 0 aliphatic rings. The number of hydrogen-bond donors (Lipinski definition) is 1. The standard InChI is InChI=1S/C22H46O6S/c1-3-5-7-9-11-13-16-26-19-20-27-18-15-22(29(23,24)25)21-28-17-14-12-10-8-6-4-2/h22H,3-21H2,1-2H3,(H,23,24,25). The van der Waals surface area contributed by atoms with Gasteiger partial charge in [0, 0.05) is 19.8 Å². The highest BCUT2D eigenvalue weighted by molar-refractivity contribution is 7.86. The summed E-state index contributed by atoms with van der Waals surface area (Å²) in [5, 5.41) is -0.924. The lowest BCUT2D eigenvalue weighted by Crippen LogP contribution is -2.28. The van der Waals surface area contributed by atoms with E-state index in [0.717, 1.165) is 25.9 Å². The quantitative estimate of drug-likeness (QED) is 0.170. The normalized spacial score (nSPS) is 13.1. The second-order valence-electron chi connectivity index (χ2n) is 7.76. The SMILES string of the molecule is CCCCCCCCOCCOCCC(COCCCCCCCC)S(=O)(=O)O. The minimum atomic E-state index is -4.12. The van der Waals surface area contributed by atoms with Crippen molar-refractivity contribution >= 4 is 10.1 Å². The molecule has 1 unspecified atom stereocenters. The van der Waals surface area contributed by atoms with Crippen LogP contribution in [0.2, 0.25) is 0 Å². The summed E-state index contributed by atoms with van der Waals surface area (Å²) in [6.07, 6.45) is 14.6. The molecule has 0 radical (unpaired) electrons. The van der Waals surface area contributed by atoms with Gasteiger partial charge in [0.25, 0.3) is 10.1 Å². The van der Waals surface area contributed by atoms with E-state index >= 15 is 0 Å². The summed E-state index contributed by atoms with van der Waals surface area (Å²) in [6, 6.07) is 0. The highest BCUT2D eigenvalue weighted by Crippen LogP contribution is 2.09. The Hall–Kier alpha value is -0.210. The van der Waals surface area contributed by atoms with Crippen molar-refractivity contribution < 1.29 is 27.2 Å². The lowest BCUT2D eigenvalue weighted by molar-refractivity contribution is 0.0419. The fourth-order valence-electron chi connectivity index (χ4n) is 3.04. The van der Waals surface area contributed by atoms with E-state index in [4.69, 9.17) is 14.2 Å². The lowest BCUT2D eigenvalue weighted by Gasteiger charge is -2.14. The second-order valence-corrected chi connectivity index (χ2v) is 9.46. The zero-order valence-corrected chi connectivity index (χ0v) is 19.7. The maximum atomic E-state index is 11.5. The molecule has 0 saturated heterocycles. The van der Waals surface area contributed by atoms with Crippen molar-refractivity contribution in [3.8, 4) is 0 Å². The van der Waals surface area contributed by atoms with Gasteiger partial charge in [-0.1, -0.05) is 78.1 Å². The number of ether oxygens (including phenoxy) is 3. The minimum Gasteiger partial charge on any atom is -0.380 e. The molecule has 0 aromatic carbocycles. The predicted octanol–water partition coefficient (Wildman–Crippen LogP) is 5.40. The molecular formula is C22H46O6S. The van der Waals surface area contributed by atoms with Crippen molar-refractivity contribution in [2.45, 2.75) is 103 Å². The third-order valence-electron chi connectivity index (χ3n) is 4.97. The summed E-state index contributed by atoms with van der Waals surface area (Å²) in [7, 11) is -4.12. The van der Waals surface area contributed by atoms with Crippen molar-refractivity contribution in [2.75, 3.05) is 39.6 Å². The van der Waals surface area contributed by atoms with Crippen LogP contribution < -0.4 is 0 Å². The molecule has 176 valence electrons. The molecule has 0 aromatic heterocycles. The number of unbranched alkanes of at least 4 members (excludes halogenated alkanes) is 10. The fourth-order valence-corrected chi connectivity index (χ4v) is 3.70. The van der Waals surface area contributed by atoms with E-state index in [9.17, 15) is 13.0 Å². The Bertz CT molecular complexity index is 427. The predicted molar refractivity (Wildman–Crippen MR) is 119 cm³/mol. The molecule has 0 amide bonds. The summed E-state index contributed by atoms with van der Waals surface area (Å²) in [5.74, 6) is 0. The third-order valence-corrected chi connectivity index (χ3v) is 6.18. The van der Waals surface area contributed by atoms with Crippen molar-refractivity contribution in [3.05, 3.63) is 0 Å². The molecule has 0 aliphatic heterocycles. The topological polar surface area (TPSA) is 82.1 Å². The first-order valence-corrected chi connectivity index (χ1v) is 13.2. The van der Waals surface area contributed by atoms with Gasteiger partial charge in [-0.15, -0.1) is 0 Å². The van der Waals surface area contributed by atoms with Crippen LogP contribution in [0.3, 0.4) is 0 Å². The van der Waals surface area contributed by atoms with Gasteiger partial charge in [0.2, 0.25) is 0 Å².